The molecule has 7 nitrogen and oxygen atoms in total. The fourth-order valence-electron chi connectivity index (χ4n) is 3.83. The SMILES string of the molecule is COc1cc(C(=O)Nc2cc(CC3CCCCC3)[nH]n2)cc2c1OCCO2. The van der Waals surface area contributed by atoms with Gasteiger partial charge in [-0.2, -0.15) is 5.10 Å². The highest BCUT2D eigenvalue weighted by Gasteiger charge is 2.21. The molecule has 2 N–H and O–H groups in total. The summed E-state index contributed by atoms with van der Waals surface area (Å²) < 4.78 is 16.5. The number of aromatic nitrogens is 2. The van der Waals surface area contributed by atoms with Crippen LogP contribution in [0.4, 0.5) is 5.82 Å². The Morgan fingerprint density at radius 2 is 2.04 bits per heavy atom. The Morgan fingerprint density at radius 3 is 2.85 bits per heavy atom. The molecule has 1 amide bonds. The molecule has 2 aromatic rings. The second kappa shape index (κ2) is 7.90. The highest BCUT2D eigenvalue weighted by Crippen LogP contribution is 2.40. The van der Waals surface area contributed by atoms with Gasteiger partial charge in [-0.3, -0.25) is 9.89 Å². The lowest BCUT2D eigenvalue weighted by molar-refractivity contribution is 0.102. The van der Waals surface area contributed by atoms with Crippen LogP contribution in [0.3, 0.4) is 0 Å². The molecule has 0 saturated heterocycles. The molecule has 1 aliphatic heterocycles. The van der Waals surface area contributed by atoms with E-state index in [1.165, 1.54) is 32.1 Å². The number of fused-ring (bicyclic) bond motifs is 1. The number of amides is 1. The molecule has 7 heteroatoms. The Bertz CT molecular complexity index is 794. The first-order valence-electron chi connectivity index (χ1n) is 9.56. The second-order valence-electron chi connectivity index (χ2n) is 7.14. The predicted molar refractivity (Wildman–Crippen MR) is 101 cm³/mol. The van der Waals surface area contributed by atoms with Crippen molar-refractivity contribution in [2.24, 2.45) is 5.92 Å². The van der Waals surface area contributed by atoms with Crippen molar-refractivity contribution in [2.45, 2.75) is 38.5 Å². The maximum absolute atomic E-state index is 12.7. The topological polar surface area (TPSA) is 85.5 Å². The summed E-state index contributed by atoms with van der Waals surface area (Å²) >= 11 is 0. The fraction of sp³-hybridized carbons (Fsp3) is 0.500. The van der Waals surface area contributed by atoms with E-state index in [0.29, 0.717) is 47.8 Å². The molecule has 2 aliphatic rings. The summed E-state index contributed by atoms with van der Waals surface area (Å²) in [5.74, 6) is 2.52. The summed E-state index contributed by atoms with van der Waals surface area (Å²) in [7, 11) is 1.54. The maximum Gasteiger partial charge on any atom is 0.257 e. The van der Waals surface area contributed by atoms with Crippen LogP contribution in [-0.4, -0.2) is 36.4 Å². The molecule has 2 heterocycles. The highest BCUT2D eigenvalue weighted by molar-refractivity contribution is 6.04. The monoisotopic (exact) mass is 371 g/mol. The van der Waals surface area contributed by atoms with E-state index in [9.17, 15) is 4.79 Å². The summed E-state index contributed by atoms with van der Waals surface area (Å²) in [6.45, 7) is 0.914. The van der Waals surface area contributed by atoms with Crippen molar-refractivity contribution in [1.82, 2.24) is 10.2 Å². The highest BCUT2D eigenvalue weighted by atomic mass is 16.6. The number of rotatable bonds is 5. The van der Waals surface area contributed by atoms with E-state index in [-0.39, 0.29) is 5.91 Å². The first-order valence-corrected chi connectivity index (χ1v) is 9.56. The van der Waals surface area contributed by atoms with E-state index in [1.807, 2.05) is 6.07 Å². The quantitative estimate of drug-likeness (QED) is 0.839. The van der Waals surface area contributed by atoms with Crippen molar-refractivity contribution in [2.75, 3.05) is 25.6 Å². The smallest absolute Gasteiger partial charge is 0.257 e. The van der Waals surface area contributed by atoms with Crippen molar-refractivity contribution < 1.29 is 19.0 Å². The summed E-state index contributed by atoms with van der Waals surface area (Å²) in [4.78, 5) is 12.7. The van der Waals surface area contributed by atoms with E-state index >= 15 is 0 Å². The Labute approximate surface area is 158 Å². The van der Waals surface area contributed by atoms with Gasteiger partial charge in [0.15, 0.2) is 17.3 Å². The van der Waals surface area contributed by atoms with E-state index in [1.54, 1.807) is 19.2 Å². The van der Waals surface area contributed by atoms with Crippen molar-refractivity contribution in [3.05, 3.63) is 29.5 Å². The molecule has 1 aromatic carbocycles. The van der Waals surface area contributed by atoms with Crippen molar-refractivity contribution in [1.29, 1.82) is 0 Å². The molecule has 1 aliphatic carbocycles. The summed E-state index contributed by atoms with van der Waals surface area (Å²) in [6.07, 6.45) is 7.51. The molecule has 1 aromatic heterocycles. The zero-order valence-electron chi connectivity index (χ0n) is 15.5. The molecule has 1 saturated carbocycles. The molecule has 4 rings (SSSR count). The van der Waals surface area contributed by atoms with Gasteiger partial charge in [0.05, 0.1) is 7.11 Å². The Hall–Kier alpha value is -2.70. The number of nitrogens with one attached hydrogen (secondary N) is 2. The molecule has 0 bridgehead atoms. The van der Waals surface area contributed by atoms with Crippen LogP contribution >= 0.6 is 0 Å². The number of H-pyrrole nitrogens is 1. The third-order valence-corrected chi connectivity index (χ3v) is 5.20. The van der Waals surface area contributed by atoms with Gasteiger partial charge in [-0.05, 0) is 24.5 Å². The molecule has 144 valence electrons. The molecule has 1 fully saturated rings. The normalized spacial score (nSPS) is 16.8. The van der Waals surface area contributed by atoms with Crippen LogP contribution in [-0.2, 0) is 6.42 Å². The number of hydrogen-bond acceptors (Lipinski definition) is 5. The number of nitrogens with zero attached hydrogens (tertiary/aromatic N) is 1. The van der Waals surface area contributed by atoms with Crippen LogP contribution < -0.4 is 19.5 Å². The van der Waals surface area contributed by atoms with Gasteiger partial charge in [-0.1, -0.05) is 32.1 Å². The lowest BCUT2D eigenvalue weighted by Gasteiger charge is -2.21. The van der Waals surface area contributed by atoms with Gasteiger partial charge in [-0.25, -0.2) is 0 Å². The predicted octanol–water partition coefficient (Wildman–Crippen LogP) is 3.56. The largest absolute Gasteiger partial charge is 0.493 e. The van der Waals surface area contributed by atoms with E-state index < -0.39 is 0 Å². The summed E-state index contributed by atoms with van der Waals surface area (Å²) in [6, 6.07) is 5.24. The number of carbonyl (C=O) groups excluding carboxylic acids is 1. The van der Waals surface area contributed by atoms with Crippen LogP contribution in [0, 0.1) is 5.92 Å². The number of ether oxygens (including phenoxy) is 3. The zero-order valence-corrected chi connectivity index (χ0v) is 15.5. The lowest BCUT2D eigenvalue weighted by atomic mass is 9.86. The summed E-state index contributed by atoms with van der Waals surface area (Å²) in [5, 5.41) is 10.1. The molecule has 0 atom stereocenters. The fourth-order valence-corrected chi connectivity index (χ4v) is 3.83. The standard InChI is InChI=1S/C20H25N3O4/c1-25-16-10-14(11-17-19(16)27-8-7-26-17)20(24)21-18-12-15(22-23-18)9-13-5-3-2-4-6-13/h10-13H,2-9H2,1H3,(H2,21,22,23,24). The van der Waals surface area contributed by atoms with Gasteiger partial charge >= 0.3 is 0 Å². The van der Waals surface area contributed by atoms with Crippen LogP contribution in [0.15, 0.2) is 18.2 Å². The minimum atomic E-state index is -0.263. The molecule has 0 radical (unpaired) electrons. The van der Waals surface area contributed by atoms with E-state index in [2.05, 4.69) is 15.5 Å². The molecular weight excluding hydrogens is 346 g/mol. The third kappa shape index (κ3) is 4.02. The van der Waals surface area contributed by atoms with Crippen LogP contribution in [0.5, 0.6) is 17.2 Å². The first kappa shape index (κ1) is 17.7. The van der Waals surface area contributed by atoms with Gasteiger partial charge < -0.3 is 19.5 Å². The van der Waals surface area contributed by atoms with Crippen LogP contribution in [0.1, 0.15) is 48.2 Å². The van der Waals surface area contributed by atoms with Gasteiger partial charge in [-0.15, -0.1) is 0 Å². The minimum Gasteiger partial charge on any atom is -0.493 e. The minimum absolute atomic E-state index is 0.263. The Morgan fingerprint density at radius 1 is 1.22 bits per heavy atom. The average molecular weight is 371 g/mol. The Kier molecular flexibility index (Phi) is 5.18. The number of anilines is 1. The summed E-state index contributed by atoms with van der Waals surface area (Å²) in [5.41, 5.74) is 1.50. The van der Waals surface area contributed by atoms with Crippen LogP contribution in [0.2, 0.25) is 0 Å². The maximum atomic E-state index is 12.7. The van der Waals surface area contributed by atoms with Gasteiger partial charge in [0.2, 0.25) is 5.75 Å². The third-order valence-electron chi connectivity index (χ3n) is 5.20. The van der Waals surface area contributed by atoms with Gasteiger partial charge in [0.1, 0.15) is 13.2 Å². The van der Waals surface area contributed by atoms with E-state index in [4.69, 9.17) is 14.2 Å². The van der Waals surface area contributed by atoms with E-state index in [0.717, 1.165) is 12.1 Å². The number of aromatic amines is 1. The Balaban J connectivity index is 1.44. The first-order chi connectivity index (χ1) is 13.2. The number of carbonyl (C=O) groups is 1. The molecule has 0 spiro atoms. The second-order valence-corrected chi connectivity index (χ2v) is 7.14. The lowest BCUT2D eigenvalue weighted by Crippen LogP contribution is -2.18. The van der Waals surface area contributed by atoms with Crippen molar-refractivity contribution in [3.63, 3.8) is 0 Å². The van der Waals surface area contributed by atoms with Gasteiger partial charge in [0, 0.05) is 17.3 Å². The molecular formula is C20H25N3O4. The number of benzene rings is 1. The molecule has 0 unspecified atom stereocenters. The van der Waals surface area contributed by atoms with Crippen LogP contribution in [0.25, 0.3) is 0 Å². The number of hydrogen-bond donors (Lipinski definition) is 2. The van der Waals surface area contributed by atoms with Crippen molar-refractivity contribution in [3.8, 4) is 17.2 Å². The average Bonchev–Trinajstić information content (AvgIpc) is 3.14. The zero-order chi connectivity index (χ0) is 18.6. The molecule has 27 heavy (non-hydrogen) atoms. The van der Waals surface area contributed by atoms with Gasteiger partial charge in [0.25, 0.3) is 5.91 Å². The van der Waals surface area contributed by atoms with Crippen molar-refractivity contribution >= 4 is 11.7 Å². The number of methoxy groups -OCH3 is 1.